The van der Waals surface area contributed by atoms with Gasteiger partial charge in [0.05, 0.1) is 53.3 Å². The van der Waals surface area contributed by atoms with Crippen molar-refractivity contribution in [3.63, 3.8) is 0 Å². The number of rotatable bonds is 7. The van der Waals surface area contributed by atoms with Crippen molar-refractivity contribution >= 4 is 32.0 Å². The first kappa shape index (κ1) is 31.6. The van der Waals surface area contributed by atoms with Crippen LogP contribution in [0.4, 0.5) is 22.1 Å². The number of aryl methyl sites for hydroxylation is 2. The second-order valence-corrected chi connectivity index (χ2v) is 13.6. The van der Waals surface area contributed by atoms with Gasteiger partial charge in [-0.3, -0.25) is 4.90 Å². The summed E-state index contributed by atoms with van der Waals surface area (Å²) in [5.41, 5.74) is 4.46. The third-order valence-corrected chi connectivity index (χ3v) is 9.35. The first-order valence-electron chi connectivity index (χ1n) is 14.7. The zero-order valence-electron chi connectivity index (χ0n) is 26.0. The van der Waals surface area contributed by atoms with E-state index >= 15 is 0 Å². The molecule has 5 rings (SSSR count). The largest absolute Gasteiger partial charge is 0.474 e. The topological polar surface area (TPSA) is 143 Å². The fourth-order valence-corrected chi connectivity index (χ4v) is 6.37. The number of nitrogens with one attached hydrogen (secondary N) is 1. The lowest BCUT2D eigenvalue weighted by molar-refractivity contribution is 0.0234. The molecule has 11 nitrogen and oxygen atoms in total. The molecule has 3 aromatic rings. The van der Waals surface area contributed by atoms with Crippen LogP contribution in [0.25, 0.3) is 11.3 Å². The van der Waals surface area contributed by atoms with Gasteiger partial charge in [-0.2, -0.15) is 5.26 Å². The lowest BCUT2D eigenvalue weighted by Crippen LogP contribution is -2.40. The second-order valence-electron chi connectivity index (χ2n) is 12.2. The summed E-state index contributed by atoms with van der Waals surface area (Å²) in [5.74, 6) is 0.978. The molecule has 2 N–H and O–H groups in total. The van der Waals surface area contributed by atoms with E-state index in [0.29, 0.717) is 47.6 Å². The minimum Gasteiger partial charge on any atom is -0.474 e. The van der Waals surface area contributed by atoms with E-state index in [0.717, 1.165) is 35.3 Å². The normalized spacial score (nSPS) is 18.7. The van der Waals surface area contributed by atoms with Crippen molar-refractivity contribution in [2.45, 2.75) is 64.3 Å². The Labute approximate surface area is 259 Å². The van der Waals surface area contributed by atoms with E-state index in [1.165, 1.54) is 4.90 Å². The van der Waals surface area contributed by atoms with Crippen LogP contribution in [-0.2, 0) is 14.6 Å². The van der Waals surface area contributed by atoms with Gasteiger partial charge >= 0.3 is 6.09 Å². The molecule has 2 atom stereocenters. The highest BCUT2D eigenvalue weighted by Crippen LogP contribution is 2.52. The number of aliphatic hydroxyl groups is 1. The van der Waals surface area contributed by atoms with Gasteiger partial charge in [-0.15, -0.1) is 8.58 Å². The van der Waals surface area contributed by atoms with Gasteiger partial charge < -0.3 is 24.6 Å². The van der Waals surface area contributed by atoms with Crippen molar-refractivity contribution in [2.75, 3.05) is 43.2 Å². The monoisotopic (exact) mass is 618 g/mol. The summed E-state index contributed by atoms with van der Waals surface area (Å²) in [7, 11) is 0.266. The average Bonchev–Trinajstić information content (AvgIpc) is 3.34. The van der Waals surface area contributed by atoms with Gasteiger partial charge in [0.15, 0.2) is 0 Å². The Hall–Kier alpha value is -3.84. The van der Waals surface area contributed by atoms with Crippen LogP contribution in [0, 0.1) is 25.2 Å². The van der Waals surface area contributed by atoms with E-state index in [1.807, 2.05) is 32.6 Å². The highest BCUT2D eigenvalue weighted by atomic mass is 31.1. The number of carbonyl (C=O) groups excluding carboxylic acids is 1. The van der Waals surface area contributed by atoms with E-state index in [9.17, 15) is 15.2 Å². The number of nitriles is 1. The molecule has 0 radical (unpaired) electrons. The van der Waals surface area contributed by atoms with Gasteiger partial charge in [-0.05, 0) is 71.1 Å². The molecule has 0 bridgehead atoms. The smallest absolute Gasteiger partial charge is 0.414 e. The number of nitrogens with zero attached hydrogens (tertiary/aromatic N) is 5. The Morgan fingerprint density at radius 1 is 1.25 bits per heavy atom. The van der Waals surface area contributed by atoms with Crippen LogP contribution in [0.2, 0.25) is 0 Å². The fraction of sp³-hybridized carbons (Fsp3) is 0.469. The van der Waals surface area contributed by atoms with E-state index in [2.05, 4.69) is 16.4 Å². The van der Waals surface area contributed by atoms with Crippen LogP contribution >= 0.6 is 8.58 Å². The molecule has 2 aliphatic heterocycles. The number of anilines is 3. The fourth-order valence-electron chi connectivity index (χ4n) is 5.44. The molecule has 0 saturated carbocycles. The van der Waals surface area contributed by atoms with Crippen LogP contribution in [0.3, 0.4) is 0 Å². The zero-order chi connectivity index (χ0) is 31.6. The highest BCUT2D eigenvalue weighted by molar-refractivity contribution is 7.38. The number of hydrogen-bond acceptors (Lipinski definition) is 10. The van der Waals surface area contributed by atoms with Crippen molar-refractivity contribution in [2.24, 2.45) is 0 Å². The lowest BCUT2D eigenvalue weighted by atomic mass is 9.95. The molecule has 0 spiro atoms. The summed E-state index contributed by atoms with van der Waals surface area (Å²) < 4.78 is 17.3. The van der Waals surface area contributed by atoms with E-state index < -0.39 is 16.9 Å². The first-order chi connectivity index (χ1) is 21.0. The Kier molecular flexibility index (Phi) is 9.07. The van der Waals surface area contributed by atoms with Crippen molar-refractivity contribution in [3.05, 3.63) is 52.8 Å². The second kappa shape index (κ2) is 12.6. The number of aliphatic hydroxyl groups excluding tert-OH is 1. The van der Waals surface area contributed by atoms with E-state index in [-0.39, 0.29) is 27.8 Å². The van der Waals surface area contributed by atoms with Gasteiger partial charge in [0.2, 0.25) is 11.8 Å². The number of fused-ring (bicyclic) bond motifs is 1. The molecule has 1 amide bonds. The SMILES string of the molecule is CPC1(CO)CN(C(=O)OC(C)(C)C)c2c(C#N)cc(-c3ccnc(Nc4cc(C)c(OC5CCOCC5)nc4C)n3)cc21. The third-order valence-electron chi connectivity index (χ3n) is 7.81. The molecule has 2 aliphatic rings. The number of aromatic nitrogens is 3. The highest BCUT2D eigenvalue weighted by Gasteiger charge is 2.46. The number of amides is 1. The quantitative estimate of drug-likeness (QED) is 0.322. The van der Waals surface area contributed by atoms with Crippen LogP contribution in [0.15, 0.2) is 30.5 Å². The Bertz CT molecular complexity index is 1590. The Balaban J connectivity index is 1.46. The van der Waals surface area contributed by atoms with Gasteiger partial charge in [0, 0.05) is 36.7 Å². The van der Waals surface area contributed by atoms with E-state index in [4.69, 9.17) is 24.2 Å². The molecule has 232 valence electrons. The third kappa shape index (κ3) is 6.48. The van der Waals surface area contributed by atoms with Crippen molar-refractivity contribution in [1.29, 1.82) is 5.26 Å². The maximum Gasteiger partial charge on any atom is 0.414 e. The Morgan fingerprint density at radius 3 is 2.66 bits per heavy atom. The first-order valence-corrected chi connectivity index (χ1v) is 16.2. The minimum atomic E-state index is -0.725. The van der Waals surface area contributed by atoms with Crippen LogP contribution in [0.1, 0.15) is 56.0 Å². The molecular weight excluding hydrogens is 579 g/mol. The number of hydrogen-bond donors (Lipinski definition) is 2. The molecule has 1 aromatic carbocycles. The summed E-state index contributed by atoms with van der Waals surface area (Å²) in [6.07, 6.45) is 2.87. The predicted octanol–water partition coefficient (Wildman–Crippen LogP) is 5.58. The standard InChI is InChI=1S/C32H39N6O5P/c1-19-13-26(20(2)35-28(19)42-23-8-11-41-12-9-23)37-29-34-10-7-25(36-29)21-14-22(16-33)27-24(15-21)32(18-39,44-6)17-38(27)30(40)43-31(3,4)5/h7,10,13-15,23,39,44H,8-9,11-12,17-18H2,1-6H3,(H,34,36,37). The zero-order valence-corrected chi connectivity index (χ0v) is 27.0. The van der Waals surface area contributed by atoms with Gasteiger partial charge in [-0.1, -0.05) is 0 Å². The average molecular weight is 619 g/mol. The number of benzene rings is 1. The lowest BCUT2D eigenvalue weighted by Gasteiger charge is -2.28. The molecule has 4 heterocycles. The van der Waals surface area contributed by atoms with Crippen LogP contribution in [-0.4, -0.2) is 70.9 Å². The molecule has 2 unspecified atom stereocenters. The van der Waals surface area contributed by atoms with Gasteiger partial charge in [-0.25, -0.2) is 19.7 Å². The number of pyridine rings is 1. The summed E-state index contributed by atoms with van der Waals surface area (Å²) >= 11 is 0. The Morgan fingerprint density at radius 2 is 2.00 bits per heavy atom. The molecule has 12 heteroatoms. The summed E-state index contributed by atoms with van der Waals surface area (Å²) in [4.78, 5) is 28.6. The summed E-state index contributed by atoms with van der Waals surface area (Å²) in [6.45, 7) is 12.7. The molecule has 1 saturated heterocycles. The summed E-state index contributed by atoms with van der Waals surface area (Å²) in [5, 5.41) is 23.3. The van der Waals surface area contributed by atoms with Crippen LogP contribution < -0.4 is 15.0 Å². The van der Waals surface area contributed by atoms with Gasteiger partial charge in [0.25, 0.3) is 0 Å². The van der Waals surface area contributed by atoms with Crippen LogP contribution in [0.5, 0.6) is 5.88 Å². The summed E-state index contributed by atoms with van der Waals surface area (Å²) in [6, 6.07) is 9.63. The molecule has 0 aliphatic carbocycles. The van der Waals surface area contributed by atoms with Gasteiger partial charge in [0.1, 0.15) is 17.8 Å². The predicted molar refractivity (Wildman–Crippen MR) is 170 cm³/mol. The van der Waals surface area contributed by atoms with Crippen molar-refractivity contribution in [3.8, 4) is 23.2 Å². The van der Waals surface area contributed by atoms with Crippen molar-refractivity contribution < 1.29 is 24.1 Å². The van der Waals surface area contributed by atoms with E-state index in [1.54, 1.807) is 39.1 Å². The maximum absolute atomic E-state index is 13.2. The van der Waals surface area contributed by atoms with Crippen molar-refractivity contribution in [1.82, 2.24) is 15.0 Å². The molecule has 2 aromatic heterocycles. The molecular formula is C32H39N6O5P. The number of ether oxygens (including phenoxy) is 3. The minimum absolute atomic E-state index is 0.0906. The number of carbonyl (C=O) groups is 1. The molecule has 1 fully saturated rings. The maximum atomic E-state index is 13.2. The molecule has 44 heavy (non-hydrogen) atoms.